The first kappa shape index (κ1) is 10.7. The summed E-state index contributed by atoms with van der Waals surface area (Å²) >= 11 is 3.25. The molecule has 2 atom stereocenters. The predicted octanol–water partition coefficient (Wildman–Crippen LogP) is 2.66. The highest BCUT2D eigenvalue weighted by Gasteiger charge is 2.34. The lowest BCUT2D eigenvalue weighted by Crippen LogP contribution is -2.25. The number of rotatable bonds is 2. The number of hydrogen-bond acceptors (Lipinski definition) is 2. The minimum atomic E-state index is 0.153. The number of amides is 1. The zero-order valence-electron chi connectivity index (χ0n) is 8.87. The van der Waals surface area contributed by atoms with Gasteiger partial charge in [-0.1, -0.05) is 13.8 Å². The van der Waals surface area contributed by atoms with E-state index < -0.39 is 0 Å². The Kier molecular flexibility index (Phi) is 2.87. The molecule has 82 valence electrons. The van der Waals surface area contributed by atoms with Gasteiger partial charge in [-0.25, -0.2) is 0 Å². The highest BCUT2D eigenvalue weighted by molar-refractivity contribution is 9.10. The predicted molar refractivity (Wildman–Crippen MR) is 60.2 cm³/mol. The Morgan fingerprint density at radius 3 is 2.80 bits per heavy atom. The van der Waals surface area contributed by atoms with E-state index in [2.05, 4.69) is 22.9 Å². The molecule has 1 aromatic rings. The van der Waals surface area contributed by atoms with Crippen molar-refractivity contribution < 1.29 is 9.21 Å². The zero-order chi connectivity index (χ0) is 11.0. The first-order chi connectivity index (χ1) is 7.08. The SMILES string of the molecule is CC1CN(Cc2coc(Br)c2)C(=O)C1C. The topological polar surface area (TPSA) is 33.5 Å². The van der Waals surface area contributed by atoms with E-state index in [0.29, 0.717) is 17.1 Å². The number of carbonyl (C=O) groups is 1. The summed E-state index contributed by atoms with van der Waals surface area (Å²) in [7, 11) is 0. The van der Waals surface area contributed by atoms with E-state index in [-0.39, 0.29) is 11.8 Å². The van der Waals surface area contributed by atoms with Crippen LogP contribution in [0.4, 0.5) is 0 Å². The van der Waals surface area contributed by atoms with Crippen LogP contribution in [0.2, 0.25) is 0 Å². The molecule has 0 radical (unpaired) electrons. The number of halogens is 1. The average Bonchev–Trinajstić information content (AvgIpc) is 2.68. The zero-order valence-corrected chi connectivity index (χ0v) is 10.5. The van der Waals surface area contributed by atoms with E-state index >= 15 is 0 Å². The van der Waals surface area contributed by atoms with E-state index in [9.17, 15) is 4.79 Å². The molecule has 1 saturated heterocycles. The second kappa shape index (κ2) is 4.00. The standard InChI is InChI=1S/C11H14BrNO2/c1-7-4-13(11(14)8(7)2)5-9-3-10(12)15-6-9/h3,6-8H,4-5H2,1-2H3. The number of furan rings is 1. The summed E-state index contributed by atoms with van der Waals surface area (Å²) in [5.74, 6) is 0.855. The van der Waals surface area contributed by atoms with Gasteiger partial charge in [-0.2, -0.15) is 0 Å². The summed E-state index contributed by atoms with van der Waals surface area (Å²) in [6.45, 7) is 5.62. The van der Waals surface area contributed by atoms with E-state index in [4.69, 9.17) is 4.42 Å². The molecular weight excluding hydrogens is 258 g/mol. The van der Waals surface area contributed by atoms with Gasteiger partial charge in [-0.15, -0.1) is 0 Å². The lowest BCUT2D eigenvalue weighted by Gasteiger charge is -2.14. The van der Waals surface area contributed by atoms with Crippen LogP contribution in [-0.2, 0) is 11.3 Å². The fraction of sp³-hybridized carbons (Fsp3) is 0.545. The van der Waals surface area contributed by atoms with Gasteiger partial charge in [0.05, 0.1) is 6.26 Å². The minimum absolute atomic E-state index is 0.153. The third kappa shape index (κ3) is 2.09. The number of nitrogens with zero attached hydrogens (tertiary/aromatic N) is 1. The maximum Gasteiger partial charge on any atom is 0.226 e. The Hall–Kier alpha value is -0.770. The highest BCUT2D eigenvalue weighted by atomic mass is 79.9. The van der Waals surface area contributed by atoms with Gasteiger partial charge in [0.15, 0.2) is 4.67 Å². The largest absolute Gasteiger partial charge is 0.457 e. The monoisotopic (exact) mass is 271 g/mol. The first-order valence-corrected chi connectivity index (χ1v) is 5.89. The fourth-order valence-electron chi connectivity index (χ4n) is 1.92. The Bertz CT molecular complexity index is 374. The maximum absolute atomic E-state index is 11.8. The second-order valence-corrected chi connectivity index (χ2v) is 5.03. The molecule has 0 aliphatic carbocycles. The van der Waals surface area contributed by atoms with Crippen LogP contribution >= 0.6 is 15.9 Å². The third-order valence-electron chi connectivity index (χ3n) is 3.06. The van der Waals surface area contributed by atoms with Crippen molar-refractivity contribution in [3.8, 4) is 0 Å². The normalized spacial score (nSPS) is 26.3. The molecule has 1 aromatic heterocycles. The summed E-state index contributed by atoms with van der Waals surface area (Å²) in [6.07, 6.45) is 1.69. The quantitative estimate of drug-likeness (QED) is 0.829. The third-order valence-corrected chi connectivity index (χ3v) is 3.47. The average molecular weight is 272 g/mol. The number of carbonyl (C=O) groups excluding carboxylic acids is 1. The van der Waals surface area contributed by atoms with E-state index in [1.54, 1.807) is 6.26 Å². The Morgan fingerprint density at radius 1 is 1.60 bits per heavy atom. The molecule has 15 heavy (non-hydrogen) atoms. The number of hydrogen-bond donors (Lipinski definition) is 0. The van der Waals surface area contributed by atoms with Gasteiger partial charge in [-0.05, 0) is 27.9 Å². The van der Waals surface area contributed by atoms with Crippen molar-refractivity contribution in [1.29, 1.82) is 0 Å². The van der Waals surface area contributed by atoms with Gasteiger partial charge in [-0.3, -0.25) is 4.79 Å². The lowest BCUT2D eigenvalue weighted by atomic mass is 10.0. The van der Waals surface area contributed by atoms with Crippen LogP contribution in [-0.4, -0.2) is 17.4 Å². The van der Waals surface area contributed by atoms with Crippen molar-refractivity contribution in [2.45, 2.75) is 20.4 Å². The van der Waals surface area contributed by atoms with Crippen molar-refractivity contribution >= 4 is 21.8 Å². The molecule has 2 rings (SSSR count). The molecule has 0 bridgehead atoms. The van der Waals surface area contributed by atoms with Gasteiger partial charge >= 0.3 is 0 Å². The lowest BCUT2D eigenvalue weighted by molar-refractivity contribution is -0.131. The van der Waals surface area contributed by atoms with Crippen molar-refractivity contribution in [2.24, 2.45) is 11.8 Å². The minimum Gasteiger partial charge on any atom is -0.457 e. The Labute approximate surface area is 97.6 Å². The van der Waals surface area contributed by atoms with Crippen LogP contribution in [0, 0.1) is 11.8 Å². The van der Waals surface area contributed by atoms with Crippen molar-refractivity contribution in [3.63, 3.8) is 0 Å². The Balaban J connectivity index is 2.05. The summed E-state index contributed by atoms with van der Waals surface area (Å²) < 4.78 is 5.86. The number of likely N-dealkylation sites (tertiary alicyclic amines) is 1. The maximum atomic E-state index is 11.8. The molecule has 1 fully saturated rings. The fourth-order valence-corrected chi connectivity index (χ4v) is 2.31. The van der Waals surface area contributed by atoms with Gasteiger partial charge in [0, 0.05) is 24.6 Å². The molecule has 4 heteroatoms. The summed E-state index contributed by atoms with van der Waals surface area (Å²) in [5.41, 5.74) is 1.04. The van der Waals surface area contributed by atoms with Crippen molar-refractivity contribution in [2.75, 3.05) is 6.54 Å². The van der Waals surface area contributed by atoms with Crippen LogP contribution in [0.3, 0.4) is 0 Å². The van der Waals surface area contributed by atoms with E-state index in [0.717, 1.165) is 12.1 Å². The smallest absolute Gasteiger partial charge is 0.226 e. The van der Waals surface area contributed by atoms with Gasteiger partial charge in [0.25, 0.3) is 0 Å². The molecule has 0 saturated carbocycles. The van der Waals surface area contributed by atoms with Crippen LogP contribution < -0.4 is 0 Å². The molecule has 0 spiro atoms. The van der Waals surface area contributed by atoms with Crippen LogP contribution in [0.1, 0.15) is 19.4 Å². The van der Waals surface area contributed by atoms with Crippen LogP contribution in [0.5, 0.6) is 0 Å². The highest BCUT2D eigenvalue weighted by Crippen LogP contribution is 2.26. The van der Waals surface area contributed by atoms with Gasteiger partial charge < -0.3 is 9.32 Å². The van der Waals surface area contributed by atoms with Crippen molar-refractivity contribution in [1.82, 2.24) is 4.90 Å². The molecule has 1 aliphatic heterocycles. The van der Waals surface area contributed by atoms with Crippen LogP contribution in [0.25, 0.3) is 0 Å². The molecule has 3 nitrogen and oxygen atoms in total. The Morgan fingerprint density at radius 2 is 2.33 bits per heavy atom. The first-order valence-electron chi connectivity index (χ1n) is 5.09. The summed E-state index contributed by atoms with van der Waals surface area (Å²) in [4.78, 5) is 13.7. The summed E-state index contributed by atoms with van der Waals surface area (Å²) in [6, 6.07) is 1.90. The molecule has 2 unspecified atom stereocenters. The van der Waals surface area contributed by atoms with Crippen LogP contribution in [0.15, 0.2) is 21.4 Å². The molecule has 0 N–H and O–H groups in total. The van der Waals surface area contributed by atoms with Gasteiger partial charge in [0.1, 0.15) is 0 Å². The molecular formula is C11H14BrNO2. The molecule has 1 amide bonds. The van der Waals surface area contributed by atoms with Gasteiger partial charge in [0.2, 0.25) is 5.91 Å². The van der Waals surface area contributed by atoms with E-state index in [1.807, 2.05) is 17.9 Å². The molecule has 2 heterocycles. The summed E-state index contributed by atoms with van der Waals surface area (Å²) in [5, 5.41) is 0. The molecule has 0 aromatic carbocycles. The second-order valence-electron chi connectivity index (χ2n) is 4.24. The molecule has 1 aliphatic rings. The van der Waals surface area contributed by atoms with Crippen molar-refractivity contribution in [3.05, 3.63) is 22.6 Å². The van der Waals surface area contributed by atoms with E-state index in [1.165, 1.54) is 0 Å².